The van der Waals surface area contributed by atoms with E-state index in [1.807, 2.05) is 17.0 Å². The topological polar surface area (TPSA) is 68.5 Å². The number of benzene rings is 1. The summed E-state index contributed by atoms with van der Waals surface area (Å²) in [6.07, 6.45) is 7.50. The lowest BCUT2D eigenvalue weighted by Gasteiger charge is -2.35. The van der Waals surface area contributed by atoms with Gasteiger partial charge in [-0.05, 0) is 73.5 Å². The second kappa shape index (κ2) is 10.6. The third-order valence-corrected chi connectivity index (χ3v) is 7.64. The lowest BCUT2D eigenvalue weighted by atomic mass is 9.80. The third kappa shape index (κ3) is 5.11. The first kappa shape index (κ1) is 24.7. The van der Waals surface area contributed by atoms with Gasteiger partial charge in [0, 0.05) is 75.8 Å². The van der Waals surface area contributed by atoms with Crippen LogP contribution in [0.2, 0.25) is 0 Å². The van der Waals surface area contributed by atoms with Gasteiger partial charge in [-0.3, -0.25) is 9.59 Å². The number of hydrogen-bond donors (Lipinski definition) is 1. The standard InChI is InChI=1S/C28H35FN4O3/c1-31-12-9-19(14-27(31)34)23-8-10-30-16-25(23)28(35)33(22-5-6-22)18-20-17-32(11-3-13-36-2)26-7-4-21(29)15-24(20)26/h4,7,9,12,14-15,17,22-23,25,30H,3,5-6,8,10-11,13,16,18H2,1-2H3/t23-,25+/m0/s1. The summed E-state index contributed by atoms with van der Waals surface area (Å²) in [6, 6.07) is 8.75. The number of pyridine rings is 1. The summed E-state index contributed by atoms with van der Waals surface area (Å²) < 4.78 is 23.2. The monoisotopic (exact) mass is 494 g/mol. The number of nitrogens with one attached hydrogen (secondary N) is 1. The van der Waals surface area contributed by atoms with E-state index < -0.39 is 0 Å². The highest BCUT2D eigenvalue weighted by Gasteiger charge is 2.40. The number of ether oxygens (including phenoxy) is 1. The third-order valence-electron chi connectivity index (χ3n) is 7.64. The Morgan fingerprint density at radius 2 is 2.06 bits per heavy atom. The van der Waals surface area contributed by atoms with E-state index in [4.69, 9.17) is 4.74 Å². The maximum absolute atomic E-state index is 14.2. The van der Waals surface area contributed by atoms with E-state index in [-0.39, 0.29) is 35.2 Å². The first-order valence-electron chi connectivity index (χ1n) is 12.9. The van der Waals surface area contributed by atoms with Crippen LogP contribution in [0.15, 0.2) is 47.5 Å². The molecule has 0 bridgehead atoms. The van der Waals surface area contributed by atoms with Crippen molar-refractivity contribution in [3.05, 3.63) is 70.0 Å². The molecule has 8 heteroatoms. The fraction of sp³-hybridized carbons (Fsp3) is 0.500. The van der Waals surface area contributed by atoms with Gasteiger partial charge in [0.2, 0.25) is 5.91 Å². The number of halogens is 1. The second-order valence-corrected chi connectivity index (χ2v) is 10.2. The summed E-state index contributed by atoms with van der Waals surface area (Å²) in [6.45, 7) is 3.30. The predicted molar refractivity (Wildman–Crippen MR) is 137 cm³/mol. The minimum absolute atomic E-state index is 0.00160. The van der Waals surface area contributed by atoms with Crippen molar-refractivity contribution in [2.45, 2.75) is 50.7 Å². The highest BCUT2D eigenvalue weighted by atomic mass is 19.1. The molecule has 2 atom stereocenters. The number of amides is 1. The van der Waals surface area contributed by atoms with Crippen LogP contribution in [0.25, 0.3) is 10.9 Å². The second-order valence-electron chi connectivity index (χ2n) is 10.2. The van der Waals surface area contributed by atoms with Crippen LogP contribution in [-0.2, 0) is 29.7 Å². The number of aromatic nitrogens is 2. The van der Waals surface area contributed by atoms with Crippen LogP contribution in [0.4, 0.5) is 4.39 Å². The van der Waals surface area contributed by atoms with Gasteiger partial charge < -0.3 is 24.1 Å². The van der Waals surface area contributed by atoms with Gasteiger partial charge in [0.25, 0.3) is 5.56 Å². The van der Waals surface area contributed by atoms with Gasteiger partial charge in [0.05, 0.1) is 5.92 Å². The maximum Gasteiger partial charge on any atom is 0.250 e. The molecule has 1 aliphatic carbocycles. The summed E-state index contributed by atoms with van der Waals surface area (Å²) >= 11 is 0. The zero-order chi connectivity index (χ0) is 25.2. The normalized spacial score (nSPS) is 20.1. The summed E-state index contributed by atoms with van der Waals surface area (Å²) in [7, 11) is 3.43. The van der Waals surface area contributed by atoms with E-state index in [2.05, 4.69) is 16.1 Å². The summed E-state index contributed by atoms with van der Waals surface area (Å²) in [5, 5.41) is 4.25. The molecule has 2 aromatic heterocycles. The molecular formula is C28H35FN4O3. The van der Waals surface area contributed by atoms with Crippen LogP contribution in [0.1, 0.15) is 42.7 Å². The molecule has 0 radical (unpaired) electrons. The molecule has 1 aliphatic heterocycles. The summed E-state index contributed by atoms with van der Waals surface area (Å²) in [4.78, 5) is 28.4. The Balaban J connectivity index is 1.44. The molecule has 2 fully saturated rings. The van der Waals surface area contributed by atoms with Crippen LogP contribution in [0.5, 0.6) is 0 Å². The van der Waals surface area contributed by atoms with Gasteiger partial charge in [-0.25, -0.2) is 4.39 Å². The molecule has 1 saturated heterocycles. The molecule has 2 aliphatic rings. The number of hydrogen-bond acceptors (Lipinski definition) is 4. The van der Waals surface area contributed by atoms with Crippen molar-refractivity contribution in [3.8, 4) is 0 Å². The molecule has 7 nitrogen and oxygen atoms in total. The Morgan fingerprint density at radius 3 is 2.81 bits per heavy atom. The van der Waals surface area contributed by atoms with Gasteiger partial charge in [-0.15, -0.1) is 0 Å². The predicted octanol–water partition coefficient (Wildman–Crippen LogP) is 3.40. The van der Waals surface area contributed by atoms with Crippen LogP contribution in [0, 0.1) is 11.7 Å². The van der Waals surface area contributed by atoms with Crippen molar-refractivity contribution in [2.24, 2.45) is 13.0 Å². The largest absolute Gasteiger partial charge is 0.385 e. The highest BCUT2D eigenvalue weighted by molar-refractivity contribution is 5.86. The van der Waals surface area contributed by atoms with E-state index >= 15 is 0 Å². The summed E-state index contributed by atoms with van der Waals surface area (Å²) in [5.41, 5.74) is 2.82. The number of aryl methyl sites for hydroxylation is 2. The SMILES string of the molecule is COCCCn1cc(CN(C(=O)[C@@H]2CNCC[C@H]2c2ccn(C)c(=O)c2)C2CC2)c2cc(F)ccc21. The molecule has 3 heterocycles. The summed E-state index contributed by atoms with van der Waals surface area (Å²) in [5.74, 6) is -0.392. The number of carbonyl (C=O) groups excluding carboxylic acids is 1. The molecule has 1 saturated carbocycles. The van der Waals surface area contributed by atoms with Crippen molar-refractivity contribution in [3.63, 3.8) is 0 Å². The average molecular weight is 495 g/mol. The molecule has 0 unspecified atom stereocenters. The van der Waals surface area contributed by atoms with E-state index in [0.29, 0.717) is 19.7 Å². The highest BCUT2D eigenvalue weighted by Crippen LogP contribution is 2.37. The quantitative estimate of drug-likeness (QED) is 0.463. The van der Waals surface area contributed by atoms with Crippen LogP contribution < -0.4 is 10.9 Å². The van der Waals surface area contributed by atoms with E-state index in [9.17, 15) is 14.0 Å². The van der Waals surface area contributed by atoms with Crippen molar-refractivity contribution >= 4 is 16.8 Å². The number of methoxy groups -OCH3 is 1. The zero-order valence-corrected chi connectivity index (χ0v) is 21.1. The molecule has 1 aromatic carbocycles. The van der Waals surface area contributed by atoms with Crippen LogP contribution in [-0.4, -0.2) is 52.8 Å². The Kier molecular flexibility index (Phi) is 7.25. The van der Waals surface area contributed by atoms with Gasteiger partial charge >= 0.3 is 0 Å². The van der Waals surface area contributed by atoms with Gasteiger partial charge in [0.1, 0.15) is 5.82 Å². The lowest BCUT2D eigenvalue weighted by Crippen LogP contribution is -2.47. The molecule has 5 rings (SSSR count). The maximum atomic E-state index is 14.2. The number of fused-ring (bicyclic) bond motifs is 1. The van der Waals surface area contributed by atoms with E-state index in [1.54, 1.807) is 37.1 Å². The first-order chi connectivity index (χ1) is 17.5. The van der Waals surface area contributed by atoms with Crippen LogP contribution >= 0.6 is 0 Å². The Hall–Kier alpha value is -2.97. The van der Waals surface area contributed by atoms with Gasteiger partial charge in [-0.2, -0.15) is 0 Å². The number of rotatable bonds is 9. The number of piperidine rings is 1. The van der Waals surface area contributed by atoms with Crippen molar-refractivity contribution in [2.75, 3.05) is 26.8 Å². The molecule has 1 amide bonds. The Bertz CT molecular complexity index is 1300. The molecular weight excluding hydrogens is 459 g/mol. The smallest absolute Gasteiger partial charge is 0.250 e. The fourth-order valence-electron chi connectivity index (χ4n) is 5.51. The van der Waals surface area contributed by atoms with E-state index in [1.165, 1.54) is 6.07 Å². The molecule has 36 heavy (non-hydrogen) atoms. The van der Waals surface area contributed by atoms with E-state index in [0.717, 1.165) is 60.8 Å². The number of nitrogens with zero attached hydrogens (tertiary/aromatic N) is 3. The zero-order valence-electron chi connectivity index (χ0n) is 21.1. The van der Waals surface area contributed by atoms with Crippen molar-refractivity contribution in [1.82, 2.24) is 19.4 Å². The van der Waals surface area contributed by atoms with Crippen LogP contribution in [0.3, 0.4) is 0 Å². The lowest BCUT2D eigenvalue weighted by molar-refractivity contribution is -0.138. The molecule has 0 spiro atoms. The minimum atomic E-state index is -0.273. The Labute approximate surface area is 210 Å². The first-order valence-corrected chi connectivity index (χ1v) is 12.9. The number of carbonyl (C=O) groups is 1. The average Bonchev–Trinajstić information content (AvgIpc) is 3.67. The van der Waals surface area contributed by atoms with Crippen molar-refractivity contribution in [1.29, 1.82) is 0 Å². The molecule has 192 valence electrons. The van der Waals surface area contributed by atoms with Crippen molar-refractivity contribution < 1.29 is 13.9 Å². The minimum Gasteiger partial charge on any atom is -0.385 e. The fourth-order valence-corrected chi connectivity index (χ4v) is 5.51. The van der Waals surface area contributed by atoms with Gasteiger partial charge in [0.15, 0.2) is 0 Å². The molecule has 1 N–H and O–H groups in total. The van der Waals surface area contributed by atoms with Gasteiger partial charge in [-0.1, -0.05) is 0 Å². The molecule has 3 aromatic rings. The Morgan fingerprint density at radius 1 is 1.22 bits per heavy atom.